The van der Waals surface area contributed by atoms with Crippen LogP contribution < -0.4 is 10.2 Å². The molecule has 0 saturated heterocycles. The molecule has 1 heterocycles. The van der Waals surface area contributed by atoms with E-state index in [1.807, 2.05) is 7.05 Å². The number of aromatic nitrogens is 1. The highest BCUT2D eigenvalue weighted by Gasteiger charge is 2.18. The maximum absolute atomic E-state index is 4.95. The zero-order valence-corrected chi connectivity index (χ0v) is 13.9. The Balaban J connectivity index is 2.54. The van der Waals surface area contributed by atoms with Gasteiger partial charge in [-0.3, -0.25) is 0 Å². The van der Waals surface area contributed by atoms with Gasteiger partial charge in [-0.25, -0.2) is 4.98 Å². The number of benzene rings is 1. The predicted molar refractivity (Wildman–Crippen MR) is 91.8 cm³/mol. The Morgan fingerprint density at radius 2 is 1.86 bits per heavy atom. The Morgan fingerprint density at radius 1 is 1.14 bits per heavy atom. The molecule has 0 bridgehead atoms. The van der Waals surface area contributed by atoms with Crippen molar-refractivity contribution in [1.82, 2.24) is 10.3 Å². The first-order valence-electron chi connectivity index (χ1n) is 7.82. The van der Waals surface area contributed by atoms with Crippen LogP contribution in [0.5, 0.6) is 0 Å². The summed E-state index contributed by atoms with van der Waals surface area (Å²) in [7, 11) is 1.99. The summed E-state index contributed by atoms with van der Waals surface area (Å²) in [4.78, 5) is 7.37. The maximum Gasteiger partial charge on any atom is 0.134 e. The first kappa shape index (κ1) is 15.8. The molecule has 1 N–H and O–H groups in total. The van der Waals surface area contributed by atoms with Crippen molar-refractivity contribution in [1.29, 1.82) is 0 Å². The topological polar surface area (TPSA) is 28.2 Å². The van der Waals surface area contributed by atoms with E-state index in [2.05, 4.69) is 68.2 Å². The Kier molecular flexibility index (Phi) is 5.18. The summed E-state index contributed by atoms with van der Waals surface area (Å²) in [6.45, 7) is 10.9. The molecule has 0 atom stereocenters. The lowest BCUT2D eigenvalue weighted by Crippen LogP contribution is -2.36. The summed E-state index contributed by atoms with van der Waals surface area (Å²) in [5, 5.41) is 4.48. The maximum atomic E-state index is 4.95. The third-order valence-electron chi connectivity index (χ3n) is 3.60. The molecule has 0 fully saturated rings. The van der Waals surface area contributed by atoms with Crippen LogP contribution in [0.4, 0.5) is 5.82 Å². The fourth-order valence-electron chi connectivity index (χ4n) is 2.65. The van der Waals surface area contributed by atoms with Gasteiger partial charge in [-0.15, -0.1) is 0 Å². The average molecular weight is 285 g/mol. The summed E-state index contributed by atoms with van der Waals surface area (Å²) in [5.41, 5.74) is 2.34. The summed E-state index contributed by atoms with van der Waals surface area (Å²) in [5.74, 6) is 1.73. The normalized spacial score (nSPS) is 11.6. The Labute approximate surface area is 128 Å². The van der Waals surface area contributed by atoms with Gasteiger partial charge in [-0.1, -0.05) is 32.0 Å². The second kappa shape index (κ2) is 6.90. The van der Waals surface area contributed by atoms with E-state index in [-0.39, 0.29) is 0 Å². The van der Waals surface area contributed by atoms with Crippen molar-refractivity contribution in [2.24, 2.45) is 5.92 Å². The molecule has 0 spiro atoms. The largest absolute Gasteiger partial charge is 0.354 e. The molecule has 3 heteroatoms. The van der Waals surface area contributed by atoms with Crippen molar-refractivity contribution in [3.05, 3.63) is 35.9 Å². The molecule has 0 aliphatic rings. The predicted octanol–water partition coefficient (Wildman–Crippen LogP) is 3.83. The molecule has 0 aliphatic carbocycles. The van der Waals surface area contributed by atoms with Crippen LogP contribution in [-0.4, -0.2) is 24.6 Å². The van der Waals surface area contributed by atoms with E-state index in [9.17, 15) is 0 Å². The first-order valence-corrected chi connectivity index (χ1v) is 7.82. The lowest BCUT2D eigenvalue weighted by Gasteiger charge is -2.31. The van der Waals surface area contributed by atoms with Gasteiger partial charge in [0.2, 0.25) is 0 Å². The number of anilines is 1. The number of fused-ring (bicyclic) bond motifs is 1. The molecule has 0 unspecified atom stereocenters. The van der Waals surface area contributed by atoms with Crippen LogP contribution in [0, 0.1) is 5.92 Å². The number of rotatable bonds is 6. The van der Waals surface area contributed by atoms with E-state index < -0.39 is 0 Å². The third-order valence-corrected chi connectivity index (χ3v) is 3.60. The fourth-order valence-corrected chi connectivity index (χ4v) is 2.65. The van der Waals surface area contributed by atoms with Crippen molar-refractivity contribution in [3.8, 4) is 0 Å². The molecular weight excluding hydrogens is 258 g/mol. The molecule has 2 rings (SSSR count). The monoisotopic (exact) mass is 285 g/mol. The van der Waals surface area contributed by atoms with Gasteiger partial charge in [-0.05, 0) is 38.9 Å². The van der Waals surface area contributed by atoms with Crippen LogP contribution in [0.1, 0.15) is 33.3 Å². The van der Waals surface area contributed by atoms with Crippen molar-refractivity contribution in [3.63, 3.8) is 0 Å². The molecule has 114 valence electrons. The highest BCUT2D eigenvalue weighted by molar-refractivity contribution is 5.81. The van der Waals surface area contributed by atoms with Gasteiger partial charge in [0.05, 0.1) is 5.52 Å². The Hall–Kier alpha value is -1.61. The van der Waals surface area contributed by atoms with E-state index in [4.69, 9.17) is 4.98 Å². The minimum atomic E-state index is 0.441. The lowest BCUT2D eigenvalue weighted by atomic mass is 10.1. The average Bonchev–Trinajstić information content (AvgIpc) is 2.44. The number of para-hydroxylation sites is 1. The molecule has 3 nitrogen and oxygen atoms in total. The van der Waals surface area contributed by atoms with Crippen LogP contribution in [-0.2, 0) is 6.54 Å². The zero-order valence-electron chi connectivity index (χ0n) is 13.9. The van der Waals surface area contributed by atoms with Gasteiger partial charge in [-0.2, -0.15) is 0 Å². The Morgan fingerprint density at radius 3 is 2.48 bits per heavy atom. The minimum Gasteiger partial charge on any atom is -0.354 e. The lowest BCUT2D eigenvalue weighted by molar-refractivity contribution is 0.564. The van der Waals surface area contributed by atoms with E-state index in [0.717, 1.165) is 24.4 Å². The smallest absolute Gasteiger partial charge is 0.134 e. The molecule has 1 aromatic heterocycles. The van der Waals surface area contributed by atoms with Crippen molar-refractivity contribution in [2.45, 2.75) is 40.3 Å². The highest BCUT2D eigenvalue weighted by Crippen LogP contribution is 2.26. The van der Waals surface area contributed by atoms with Crippen LogP contribution in [0.15, 0.2) is 30.3 Å². The number of nitrogens with one attached hydrogen (secondary N) is 1. The second-order valence-corrected chi connectivity index (χ2v) is 6.33. The van der Waals surface area contributed by atoms with Crippen molar-refractivity contribution >= 4 is 16.7 Å². The zero-order chi connectivity index (χ0) is 15.4. The molecule has 0 saturated carbocycles. The van der Waals surface area contributed by atoms with Crippen LogP contribution in [0.25, 0.3) is 10.9 Å². The van der Waals surface area contributed by atoms with Crippen molar-refractivity contribution in [2.75, 3.05) is 18.5 Å². The van der Waals surface area contributed by atoms with Crippen LogP contribution >= 0.6 is 0 Å². The van der Waals surface area contributed by atoms with Crippen molar-refractivity contribution < 1.29 is 0 Å². The summed E-state index contributed by atoms with van der Waals surface area (Å²) in [6.07, 6.45) is 0. The molecule has 0 aliphatic heterocycles. The highest BCUT2D eigenvalue weighted by atomic mass is 15.2. The molecule has 2 aromatic rings. The van der Waals surface area contributed by atoms with Gasteiger partial charge in [0, 0.05) is 30.1 Å². The van der Waals surface area contributed by atoms with E-state index in [0.29, 0.717) is 12.0 Å². The summed E-state index contributed by atoms with van der Waals surface area (Å²) < 4.78 is 0. The first-order chi connectivity index (χ1) is 10.0. The second-order valence-electron chi connectivity index (χ2n) is 6.33. The number of hydrogen-bond donors (Lipinski definition) is 1. The van der Waals surface area contributed by atoms with Gasteiger partial charge in [0.15, 0.2) is 0 Å². The molecule has 0 amide bonds. The standard InChI is InChI=1S/C18H27N3/c1-13(2)12-21(14(3)4)18-16(11-19-5)10-15-8-6-7-9-17(15)20-18/h6-10,13-14,19H,11-12H2,1-5H3. The van der Waals surface area contributed by atoms with Gasteiger partial charge >= 0.3 is 0 Å². The van der Waals surface area contributed by atoms with E-state index in [1.54, 1.807) is 0 Å². The molecule has 0 radical (unpaired) electrons. The minimum absolute atomic E-state index is 0.441. The van der Waals surface area contributed by atoms with Crippen LogP contribution in [0.3, 0.4) is 0 Å². The third kappa shape index (κ3) is 3.73. The number of pyridine rings is 1. The van der Waals surface area contributed by atoms with Gasteiger partial charge < -0.3 is 10.2 Å². The van der Waals surface area contributed by atoms with E-state index >= 15 is 0 Å². The van der Waals surface area contributed by atoms with Gasteiger partial charge in [0.1, 0.15) is 5.82 Å². The SMILES string of the molecule is CNCc1cc2ccccc2nc1N(CC(C)C)C(C)C. The quantitative estimate of drug-likeness (QED) is 0.874. The molecule has 1 aromatic carbocycles. The van der Waals surface area contributed by atoms with E-state index in [1.165, 1.54) is 10.9 Å². The molecular formula is C18H27N3. The molecule has 21 heavy (non-hydrogen) atoms. The summed E-state index contributed by atoms with van der Waals surface area (Å²) >= 11 is 0. The fraction of sp³-hybridized carbons (Fsp3) is 0.500. The van der Waals surface area contributed by atoms with Crippen LogP contribution in [0.2, 0.25) is 0 Å². The number of nitrogens with zero attached hydrogens (tertiary/aromatic N) is 2. The van der Waals surface area contributed by atoms with Gasteiger partial charge in [0.25, 0.3) is 0 Å². The number of hydrogen-bond acceptors (Lipinski definition) is 3. The Bertz CT molecular complexity index is 590. The summed E-state index contributed by atoms with van der Waals surface area (Å²) in [6, 6.07) is 11.1.